The summed E-state index contributed by atoms with van der Waals surface area (Å²) in [7, 11) is 0. The van der Waals surface area contributed by atoms with Gasteiger partial charge in [0.1, 0.15) is 5.57 Å². The van der Waals surface area contributed by atoms with Crippen LogP contribution >= 0.6 is 0 Å². The highest BCUT2D eigenvalue weighted by Gasteiger charge is 2.37. The minimum atomic E-state index is -0.745. The van der Waals surface area contributed by atoms with Gasteiger partial charge in [-0.25, -0.2) is 9.69 Å². The molecule has 5 rings (SSSR count). The van der Waals surface area contributed by atoms with Crippen LogP contribution in [0.3, 0.4) is 0 Å². The van der Waals surface area contributed by atoms with Crippen molar-refractivity contribution in [2.24, 2.45) is 0 Å². The number of nitrogens with zero attached hydrogens (tertiary/aromatic N) is 2. The lowest BCUT2D eigenvalue weighted by atomic mass is 9.98. The summed E-state index contributed by atoms with van der Waals surface area (Å²) in [5.74, 6) is -0.965. The molecule has 0 radical (unpaired) electrons. The number of amides is 4. The number of imide groups is 2. The molecular formula is C31H29N3O3. The summed E-state index contributed by atoms with van der Waals surface area (Å²) in [6, 6.07) is 22.8. The molecule has 1 fully saturated rings. The van der Waals surface area contributed by atoms with Crippen LogP contribution < -0.4 is 10.2 Å². The first-order valence-electron chi connectivity index (χ1n) is 12.5. The van der Waals surface area contributed by atoms with Crippen molar-refractivity contribution in [1.29, 1.82) is 0 Å². The Morgan fingerprint density at radius 2 is 1.70 bits per heavy atom. The number of rotatable bonds is 6. The van der Waals surface area contributed by atoms with E-state index in [0.29, 0.717) is 18.2 Å². The van der Waals surface area contributed by atoms with Crippen molar-refractivity contribution < 1.29 is 14.4 Å². The summed E-state index contributed by atoms with van der Waals surface area (Å²) in [5.41, 5.74) is 5.55. The fraction of sp³-hybridized carbons (Fsp3) is 0.194. The fourth-order valence-corrected chi connectivity index (χ4v) is 4.76. The topological polar surface area (TPSA) is 71.4 Å². The van der Waals surface area contributed by atoms with Crippen LogP contribution in [-0.2, 0) is 16.1 Å². The maximum Gasteiger partial charge on any atom is 0.335 e. The highest BCUT2D eigenvalue weighted by atomic mass is 16.2. The average molecular weight is 492 g/mol. The number of fused-ring (bicyclic) bond motifs is 1. The van der Waals surface area contributed by atoms with Crippen LogP contribution in [0.15, 0.2) is 84.6 Å². The lowest BCUT2D eigenvalue weighted by Gasteiger charge is -2.26. The van der Waals surface area contributed by atoms with Crippen LogP contribution in [0.2, 0.25) is 0 Å². The molecule has 0 spiro atoms. The van der Waals surface area contributed by atoms with Gasteiger partial charge in [-0.15, -0.1) is 0 Å². The molecule has 0 bridgehead atoms. The molecule has 186 valence electrons. The number of carbonyl (C=O) groups excluding carboxylic acids is 3. The first-order valence-corrected chi connectivity index (χ1v) is 12.5. The number of carbonyl (C=O) groups is 3. The molecule has 0 aliphatic carbocycles. The molecule has 1 atom stereocenters. The standard InChI is InChI=1S/C31H29N3O3/c1-4-21(3)23-12-14-25(15-13-23)34-30(36)27(29(35)32-31(34)37)17-24-19-33(28-11-6-5-10-26(24)28)18-22-9-7-8-20(2)16-22/h5-17,19,21H,4,18H2,1-3H3,(H,32,35,37)/b27-17-/t21-/m1/s1. The van der Waals surface area contributed by atoms with Gasteiger partial charge in [-0.2, -0.15) is 0 Å². The Balaban J connectivity index is 1.52. The Morgan fingerprint density at radius 1 is 0.946 bits per heavy atom. The van der Waals surface area contributed by atoms with Crippen LogP contribution in [0.5, 0.6) is 0 Å². The number of para-hydroxylation sites is 1. The van der Waals surface area contributed by atoms with E-state index in [0.717, 1.165) is 38.9 Å². The minimum Gasteiger partial charge on any atom is -0.342 e. The van der Waals surface area contributed by atoms with E-state index in [9.17, 15) is 14.4 Å². The smallest absolute Gasteiger partial charge is 0.335 e. The highest BCUT2D eigenvalue weighted by Crippen LogP contribution is 2.28. The first-order chi connectivity index (χ1) is 17.9. The van der Waals surface area contributed by atoms with Gasteiger partial charge in [-0.3, -0.25) is 14.9 Å². The Bertz CT molecular complexity index is 1550. The highest BCUT2D eigenvalue weighted by molar-refractivity contribution is 6.39. The maximum absolute atomic E-state index is 13.5. The van der Waals surface area contributed by atoms with Gasteiger partial charge in [-0.1, -0.05) is 74.0 Å². The largest absolute Gasteiger partial charge is 0.342 e. The van der Waals surface area contributed by atoms with Gasteiger partial charge in [0, 0.05) is 29.2 Å². The number of anilines is 1. The fourth-order valence-electron chi connectivity index (χ4n) is 4.76. The number of urea groups is 1. The Hall–Kier alpha value is -4.45. The van der Waals surface area contributed by atoms with Crippen molar-refractivity contribution in [3.05, 3.63) is 107 Å². The predicted molar refractivity (Wildman–Crippen MR) is 146 cm³/mol. The van der Waals surface area contributed by atoms with Gasteiger partial charge < -0.3 is 4.57 Å². The van der Waals surface area contributed by atoms with Crippen molar-refractivity contribution in [2.75, 3.05) is 4.90 Å². The molecule has 6 nitrogen and oxygen atoms in total. The van der Waals surface area contributed by atoms with E-state index in [1.165, 1.54) is 5.56 Å². The lowest BCUT2D eigenvalue weighted by Crippen LogP contribution is -2.54. The Morgan fingerprint density at radius 3 is 2.43 bits per heavy atom. The molecule has 2 heterocycles. The zero-order chi connectivity index (χ0) is 26.1. The molecule has 0 saturated carbocycles. The van der Waals surface area contributed by atoms with Gasteiger partial charge in [0.15, 0.2) is 0 Å². The molecular weight excluding hydrogens is 462 g/mol. The Labute approximate surface area is 216 Å². The van der Waals surface area contributed by atoms with E-state index < -0.39 is 17.8 Å². The predicted octanol–water partition coefficient (Wildman–Crippen LogP) is 6.18. The van der Waals surface area contributed by atoms with E-state index in [1.807, 2.05) is 48.7 Å². The van der Waals surface area contributed by atoms with Gasteiger partial charge in [0.2, 0.25) is 0 Å². The zero-order valence-electron chi connectivity index (χ0n) is 21.2. The number of hydrogen-bond acceptors (Lipinski definition) is 3. The van der Waals surface area contributed by atoms with Crippen LogP contribution in [0.25, 0.3) is 17.0 Å². The molecule has 1 N–H and O–H groups in total. The molecule has 1 aliphatic rings. The van der Waals surface area contributed by atoms with Crippen molar-refractivity contribution in [3.63, 3.8) is 0 Å². The lowest BCUT2D eigenvalue weighted by molar-refractivity contribution is -0.122. The van der Waals surface area contributed by atoms with E-state index in [4.69, 9.17) is 0 Å². The number of benzene rings is 3. The monoisotopic (exact) mass is 491 g/mol. The first kappa shape index (κ1) is 24.3. The van der Waals surface area contributed by atoms with Crippen LogP contribution in [0.4, 0.5) is 10.5 Å². The molecule has 1 aromatic heterocycles. The van der Waals surface area contributed by atoms with Crippen molar-refractivity contribution >= 4 is 40.5 Å². The van der Waals surface area contributed by atoms with Crippen molar-refractivity contribution in [3.8, 4) is 0 Å². The molecule has 1 aliphatic heterocycles. The number of nitrogens with one attached hydrogen (secondary N) is 1. The summed E-state index contributed by atoms with van der Waals surface area (Å²) in [6.45, 7) is 6.95. The van der Waals surface area contributed by atoms with Crippen LogP contribution in [0.1, 0.15) is 48.4 Å². The molecule has 6 heteroatoms. The Kier molecular flexibility index (Phi) is 6.49. The average Bonchev–Trinajstić information content (AvgIpc) is 3.23. The number of barbiturate groups is 1. The molecule has 4 aromatic rings. The quantitative estimate of drug-likeness (QED) is 0.259. The number of hydrogen-bond donors (Lipinski definition) is 1. The van der Waals surface area contributed by atoms with E-state index in [2.05, 4.69) is 48.9 Å². The summed E-state index contributed by atoms with van der Waals surface area (Å²) in [4.78, 5) is 40.0. The molecule has 3 aromatic carbocycles. The van der Waals surface area contributed by atoms with Crippen LogP contribution in [0, 0.1) is 6.92 Å². The summed E-state index contributed by atoms with van der Waals surface area (Å²) in [5, 5.41) is 3.25. The summed E-state index contributed by atoms with van der Waals surface area (Å²) in [6.07, 6.45) is 4.52. The minimum absolute atomic E-state index is 0.0796. The normalized spacial score (nSPS) is 15.9. The summed E-state index contributed by atoms with van der Waals surface area (Å²) < 4.78 is 2.11. The van der Waals surface area contributed by atoms with Gasteiger partial charge in [0.05, 0.1) is 5.69 Å². The second-order valence-corrected chi connectivity index (χ2v) is 9.58. The summed E-state index contributed by atoms with van der Waals surface area (Å²) >= 11 is 0. The van der Waals surface area contributed by atoms with Gasteiger partial charge in [0.25, 0.3) is 11.8 Å². The van der Waals surface area contributed by atoms with Gasteiger partial charge >= 0.3 is 6.03 Å². The van der Waals surface area contributed by atoms with Crippen molar-refractivity contribution in [2.45, 2.75) is 39.7 Å². The van der Waals surface area contributed by atoms with Crippen LogP contribution in [-0.4, -0.2) is 22.4 Å². The maximum atomic E-state index is 13.5. The molecule has 37 heavy (non-hydrogen) atoms. The third kappa shape index (κ3) is 4.70. The van der Waals surface area contributed by atoms with Crippen molar-refractivity contribution in [1.82, 2.24) is 9.88 Å². The number of aryl methyl sites for hydroxylation is 1. The molecule has 0 unspecified atom stereocenters. The second-order valence-electron chi connectivity index (χ2n) is 9.58. The van der Waals surface area contributed by atoms with E-state index in [-0.39, 0.29) is 5.57 Å². The third-order valence-electron chi connectivity index (χ3n) is 6.99. The second kappa shape index (κ2) is 9.90. The van der Waals surface area contributed by atoms with E-state index in [1.54, 1.807) is 18.2 Å². The molecule has 4 amide bonds. The van der Waals surface area contributed by atoms with E-state index >= 15 is 0 Å². The SMILES string of the molecule is CC[C@@H](C)c1ccc(N2C(=O)NC(=O)/C(=C/c3cn(Cc4cccc(C)c4)c4ccccc34)C2=O)cc1. The number of aromatic nitrogens is 1. The zero-order valence-corrected chi connectivity index (χ0v) is 21.2. The third-order valence-corrected chi connectivity index (χ3v) is 6.99. The van der Waals surface area contributed by atoms with Gasteiger partial charge in [-0.05, 0) is 54.7 Å². The molecule has 1 saturated heterocycles.